The Morgan fingerprint density at radius 1 is 1.45 bits per heavy atom. The largest absolute Gasteiger partial charge is 0.339 e. The summed E-state index contributed by atoms with van der Waals surface area (Å²) in [5, 5.41) is 0. The van der Waals surface area contributed by atoms with Crippen molar-refractivity contribution in [3.63, 3.8) is 0 Å². The van der Waals surface area contributed by atoms with Gasteiger partial charge in [0.1, 0.15) is 4.21 Å². The topological polar surface area (TPSA) is 54.5 Å². The van der Waals surface area contributed by atoms with E-state index in [9.17, 15) is 13.2 Å². The van der Waals surface area contributed by atoms with Gasteiger partial charge in [-0.2, -0.15) is 0 Å². The van der Waals surface area contributed by atoms with Crippen molar-refractivity contribution in [3.8, 4) is 0 Å². The van der Waals surface area contributed by atoms with Crippen molar-refractivity contribution in [3.05, 3.63) is 17.0 Å². The van der Waals surface area contributed by atoms with Crippen molar-refractivity contribution >= 4 is 37.0 Å². The molecule has 1 aliphatic carbocycles. The number of hydrogen-bond acceptors (Lipinski definition) is 4. The van der Waals surface area contributed by atoms with Crippen molar-refractivity contribution in [1.29, 1.82) is 0 Å². The second-order valence-corrected chi connectivity index (χ2v) is 9.47. The van der Waals surface area contributed by atoms with Crippen molar-refractivity contribution in [1.82, 2.24) is 4.90 Å². The lowest BCUT2D eigenvalue weighted by Crippen LogP contribution is -2.37. The molecule has 112 valence electrons. The molecule has 4 nitrogen and oxygen atoms in total. The van der Waals surface area contributed by atoms with E-state index in [1.165, 1.54) is 6.07 Å². The number of halogens is 1. The van der Waals surface area contributed by atoms with Gasteiger partial charge in [-0.05, 0) is 30.9 Å². The Bertz CT molecular complexity index is 591. The molecule has 1 aromatic heterocycles. The highest BCUT2D eigenvalue weighted by Gasteiger charge is 2.32. The van der Waals surface area contributed by atoms with Crippen LogP contribution in [-0.2, 0) is 20.3 Å². The molecule has 7 heteroatoms. The summed E-state index contributed by atoms with van der Waals surface area (Å²) in [4.78, 5) is 15.0. The second kappa shape index (κ2) is 6.03. The van der Waals surface area contributed by atoms with E-state index >= 15 is 0 Å². The molecule has 0 N–H and O–H groups in total. The fourth-order valence-corrected chi connectivity index (χ4v) is 4.18. The summed E-state index contributed by atoms with van der Waals surface area (Å²) >= 11 is 1.07. The molecule has 0 bridgehead atoms. The molecule has 20 heavy (non-hydrogen) atoms. The highest BCUT2D eigenvalue weighted by molar-refractivity contribution is 8.15. The first kappa shape index (κ1) is 15.8. The van der Waals surface area contributed by atoms with Crippen LogP contribution in [0.1, 0.15) is 31.6 Å². The van der Waals surface area contributed by atoms with Gasteiger partial charge in [-0.15, -0.1) is 11.3 Å². The average Bonchev–Trinajstić information content (AvgIpc) is 3.04. The Morgan fingerprint density at radius 2 is 2.10 bits per heavy atom. The minimum atomic E-state index is -3.70. The van der Waals surface area contributed by atoms with Crippen LogP contribution in [0.3, 0.4) is 0 Å². The second-order valence-electron chi connectivity index (χ2n) is 5.51. The normalized spacial score (nSPS) is 15.6. The monoisotopic (exact) mass is 335 g/mol. The van der Waals surface area contributed by atoms with E-state index in [-0.39, 0.29) is 16.5 Å². The van der Waals surface area contributed by atoms with Crippen molar-refractivity contribution in [2.24, 2.45) is 5.92 Å². The van der Waals surface area contributed by atoms with Crippen LogP contribution < -0.4 is 0 Å². The predicted octanol–water partition coefficient (Wildman–Crippen LogP) is 2.87. The highest BCUT2D eigenvalue weighted by Crippen LogP contribution is 2.30. The van der Waals surface area contributed by atoms with Gasteiger partial charge in [-0.1, -0.05) is 13.8 Å². The smallest absolute Gasteiger partial charge is 0.270 e. The molecule has 2 rings (SSSR count). The quantitative estimate of drug-likeness (QED) is 0.751. The summed E-state index contributed by atoms with van der Waals surface area (Å²) in [5.74, 6) is 0.503. The van der Waals surface area contributed by atoms with Crippen LogP contribution in [0.15, 0.2) is 16.3 Å². The number of thiophene rings is 1. The fraction of sp³-hybridized carbons (Fsp3) is 0.615. The summed E-state index contributed by atoms with van der Waals surface area (Å²) in [6.45, 7) is 4.94. The number of hydrogen-bond donors (Lipinski definition) is 0. The van der Waals surface area contributed by atoms with Crippen molar-refractivity contribution in [2.45, 2.75) is 43.4 Å². The van der Waals surface area contributed by atoms with Gasteiger partial charge in [0.2, 0.25) is 5.91 Å². The first-order valence-corrected chi connectivity index (χ1v) is 9.73. The van der Waals surface area contributed by atoms with Crippen LogP contribution in [0.5, 0.6) is 0 Å². The van der Waals surface area contributed by atoms with Gasteiger partial charge in [0.15, 0.2) is 0 Å². The molecule has 1 amide bonds. The Kier molecular flexibility index (Phi) is 4.76. The zero-order valence-corrected chi connectivity index (χ0v) is 13.9. The van der Waals surface area contributed by atoms with Gasteiger partial charge in [-0.3, -0.25) is 4.79 Å². The molecule has 0 saturated heterocycles. The highest BCUT2D eigenvalue weighted by atomic mass is 35.7. The minimum absolute atomic E-state index is 0.0709. The first-order valence-electron chi connectivity index (χ1n) is 6.60. The molecular weight excluding hydrogens is 318 g/mol. The third kappa shape index (κ3) is 4.20. The molecule has 1 aliphatic rings. The lowest BCUT2D eigenvalue weighted by atomic mass is 10.2. The lowest BCUT2D eigenvalue weighted by Gasteiger charge is -2.24. The van der Waals surface area contributed by atoms with Gasteiger partial charge in [0.25, 0.3) is 9.05 Å². The van der Waals surface area contributed by atoms with E-state index in [4.69, 9.17) is 10.7 Å². The Morgan fingerprint density at radius 3 is 2.55 bits per heavy atom. The molecule has 0 radical (unpaired) electrons. The fourth-order valence-electron chi connectivity index (χ4n) is 2.07. The SMILES string of the molecule is CC(C)CN(C(=O)Cc1ccc(S(=O)(=O)Cl)s1)C1CC1. The van der Waals surface area contributed by atoms with Crippen LogP contribution in [-0.4, -0.2) is 31.8 Å². The summed E-state index contributed by atoms with van der Waals surface area (Å²) < 4.78 is 22.5. The van der Waals surface area contributed by atoms with E-state index in [1.807, 2.05) is 4.90 Å². The maximum absolute atomic E-state index is 12.3. The molecule has 1 fully saturated rings. The predicted molar refractivity (Wildman–Crippen MR) is 80.6 cm³/mol. The molecular formula is C13H18ClNO3S2. The number of amides is 1. The lowest BCUT2D eigenvalue weighted by molar-refractivity contribution is -0.131. The summed E-state index contributed by atoms with van der Waals surface area (Å²) in [5.41, 5.74) is 0. The van der Waals surface area contributed by atoms with E-state index in [0.29, 0.717) is 12.0 Å². The molecule has 0 atom stereocenters. The summed E-state index contributed by atoms with van der Waals surface area (Å²) in [7, 11) is 1.59. The third-order valence-corrected chi connectivity index (χ3v) is 6.25. The number of rotatable bonds is 6. The number of nitrogens with zero attached hydrogens (tertiary/aromatic N) is 1. The van der Waals surface area contributed by atoms with Crippen LogP contribution >= 0.6 is 22.0 Å². The Labute approximate surface area is 128 Å². The average molecular weight is 336 g/mol. The molecule has 1 heterocycles. The minimum Gasteiger partial charge on any atom is -0.339 e. The zero-order valence-electron chi connectivity index (χ0n) is 11.5. The van der Waals surface area contributed by atoms with Gasteiger partial charge in [0, 0.05) is 28.1 Å². The molecule has 1 saturated carbocycles. The standard InChI is InChI=1S/C13H18ClNO3S2/c1-9(2)8-15(10-3-4-10)12(16)7-11-5-6-13(19-11)20(14,17)18/h5-6,9-10H,3-4,7-8H2,1-2H3. The van der Waals surface area contributed by atoms with Gasteiger partial charge in [0.05, 0.1) is 6.42 Å². The Hall–Kier alpha value is -0.590. The zero-order chi connectivity index (χ0) is 14.9. The van der Waals surface area contributed by atoms with Gasteiger partial charge >= 0.3 is 0 Å². The molecule has 0 aromatic carbocycles. The Balaban J connectivity index is 2.04. The van der Waals surface area contributed by atoms with Crippen LogP contribution in [0, 0.1) is 5.92 Å². The van der Waals surface area contributed by atoms with E-state index < -0.39 is 9.05 Å². The van der Waals surface area contributed by atoms with Gasteiger partial charge in [-0.25, -0.2) is 8.42 Å². The maximum atomic E-state index is 12.3. The van der Waals surface area contributed by atoms with Crippen LogP contribution in [0.2, 0.25) is 0 Å². The van der Waals surface area contributed by atoms with Crippen molar-refractivity contribution in [2.75, 3.05) is 6.54 Å². The first-order chi connectivity index (χ1) is 9.27. The van der Waals surface area contributed by atoms with Gasteiger partial charge < -0.3 is 4.90 Å². The van der Waals surface area contributed by atoms with Crippen molar-refractivity contribution < 1.29 is 13.2 Å². The number of carbonyl (C=O) groups is 1. The summed E-state index contributed by atoms with van der Waals surface area (Å²) in [6.07, 6.45) is 2.40. The third-order valence-electron chi connectivity index (χ3n) is 3.07. The van der Waals surface area contributed by atoms with Crippen LogP contribution in [0.4, 0.5) is 0 Å². The van der Waals surface area contributed by atoms with E-state index in [0.717, 1.165) is 35.6 Å². The van der Waals surface area contributed by atoms with Crippen LogP contribution in [0.25, 0.3) is 0 Å². The number of carbonyl (C=O) groups excluding carboxylic acids is 1. The summed E-state index contributed by atoms with van der Waals surface area (Å²) in [6, 6.07) is 3.50. The molecule has 0 spiro atoms. The van der Waals surface area contributed by atoms with E-state index in [1.54, 1.807) is 6.07 Å². The molecule has 0 aliphatic heterocycles. The maximum Gasteiger partial charge on any atom is 0.270 e. The molecule has 1 aromatic rings. The van der Waals surface area contributed by atoms with E-state index in [2.05, 4.69) is 13.8 Å². The molecule has 0 unspecified atom stereocenters.